The highest BCUT2D eigenvalue weighted by Crippen LogP contribution is 2.23. The van der Waals surface area contributed by atoms with Gasteiger partial charge in [-0.05, 0) is 62.6 Å². The van der Waals surface area contributed by atoms with Crippen molar-refractivity contribution < 1.29 is 14.3 Å². The molecule has 0 bridgehead atoms. The lowest BCUT2D eigenvalue weighted by Gasteiger charge is -2.12. The van der Waals surface area contributed by atoms with Crippen LogP contribution in [0.2, 0.25) is 0 Å². The van der Waals surface area contributed by atoms with Gasteiger partial charge in [-0.1, -0.05) is 19.1 Å². The highest BCUT2D eigenvalue weighted by molar-refractivity contribution is 6.06. The SMILES string of the molecule is CCCOc1nc2cc(C)c(C)cc2nc1C(=O)Nc1cccc(C(C)=O)c1. The minimum absolute atomic E-state index is 0.0700. The van der Waals surface area contributed by atoms with Crippen LogP contribution in [0.5, 0.6) is 5.88 Å². The largest absolute Gasteiger partial charge is 0.476 e. The van der Waals surface area contributed by atoms with E-state index in [0.717, 1.165) is 17.5 Å². The average Bonchev–Trinajstić information content (AvgIpc) is 2.67. The number of aryl methyl sites for hydroxylation is 2. The summed E-state index contributed by atoms with van der Waals surface area (Å²) in [5.41, 5.74) is 4.65. The number of carbonyl (C=O) groups is 2. The fourth-order valence-electron chi connectivity index (χ4n) is 2.75. The van der Waals surface area contributed by atoms with Crippen molar-refractivity contribution in [1.82, 2.24) is 9.97 Å². The summed E-state index contributed by atoms with van der Waals surface area (Å²) in [6.45, 7) is 7.90. The van der Waals surface area contributed by atoms with Crippen molar-refractivity contribution in [2.45, 2.75) is 34.1 Å². The summed E-state index contributed by atoms with van der Waals surface area (Å²) in [6, 6.07) is 10.6. The van der Waals surface area contributed by atoms with Gasteiger partial charge in [-0.3, -0.25) is 9.59 Å². The van der Waals surface area contributed by atoms with Crippen LogP contribution in [-0.2, 0) is 0 Å². The number of hydrogen-bond acceptors (Lipinski definition) is 5. The second-order valence-electron chi connectivity index (χ2n) is 6.74. The molecule has 2 aromatic carbocycles. The summed E-state index contributed by atoms with van der Waals surface area (Å²) in [5, 5.41) is 2.79. The van der Waals surface area contributed by atoms with E-state index in [9.17, 15) is 9.59 Å². The first-order valence-electron chi connectivity index (χ1n) is 9.23. The molecule has 0 saturated carbocycles. The van der Waals surface area contributed by atoms with E-state index in [2.05, 4.69) is 15.3 Å². The monoisotopic (exact) mass is 377 g/mol. The Morgan fingerprint density at radius 1 is 1.04 bits per heavy atom. The Balaban J connectivity index is 2.01. The summed E-state index contributed by atoms with van der Waals surface area (Å²) < 4.78 is 5.70. The number of aromatic nitrogens is 2. The fourth-order valence-corrected chi connectivity index (χ4v) is 2.75. The molecular formula is C22H23N3O3. The zero-order chi connectivity index (χ0) is 20.3. The van der Waals surface area contributed by atoms with Gasteiger partial charge in [0.1, 0.15) is 0 Å². The van der Waals surface area contributed by atoms with Crippen molar-refractivity contribution in [2.24, 2.45) is 0 Å². The Morgan fingerprint density at radius 3 is 2.36 bits per heavy atom. The van der Waals surface area contributed by atoms with Crippen LogP contribution in [0.15, 0.2) is 36.4 Å². The fraction of sp³-hybridized carbons (Fsp3) is 0.273. The first-order chi connectivity index (χ1) is 13.4. The first-order valence-corrected chi connectivity index (χ1v) is 9.23. The lowest BCUT2D eigenvalue weighted by atomic mass is 10.1. The molecule has 0 aliphatic carbocycles. The van der Waals surface area contributed by atoms with Crippen molar-refractivity contribution in [3.63, 3.8) is 0 Å². The molecule has 6 heteroatoms. The highest BCUT2D eigenvalue weighted by Gasteiger charge is 2.19. The summed E-state index contributed by atoms with van der Waals surface area (Å²) in [5.74, 6) is -0.295. The molecule has 1 aromatic heterocycles. The molecule has 1 heterocycles. The number of nitrogens with one attached hydrogen (secondary N) is 1. The minimum Gasteiger partial charge on any atom is -0.476 e. The normalized spacial score (nSPS) is 10.7. The van der Waals surface area contributed by atoms with E-state index >= 15 is 0 Å². The smallest absolute Gasteiger partial charge is 0.279 e. The molecule has 0 fully saturated rings. The van der Waals surface area contributed by atoms with Crippen LogP contribution < -0.4 is 10.1 Å². The third-order valence-corrected chi connectivity index (χ3v) is 4.43. The second-order valence-corrected chi connectivity index (χ2v) is 6.74. The molecule has 3 aromatic rings. The topological polar surface area (TPSA) is 81.2 Å². The van der Waals surface area contributed by atoms with Gasteiger partial charge in [0.25, 0.3) is 5.91 Å². The van der Waals surface area contributed by atoms with Crippen LogP contribution in [-0.4, -0.2) is 28.3 Å². The standard InChI is InChI=1S/C22H23N3O3/c1-5-9-28-22-20(24-18-10-13(2)14(3)11-19(18)25-22)21(27)23-17-8-6-7-16(12-17)15(4)26/h6-8,10-12H,5,9H2,1-4H3,(H,23,27). The zero-order valence-corrected chi connectivity index (χ0v) is 16.5. The Labute approximate surface area is 164 Å². The van der Waals surface area contributed by atoms with Crippen molar-refractivity contribution in [3.05, 3.63) is 58.8 Å². The van der Waals surface area contributed by atoms with Gasteiger partial charge in [0.15, 0.2) is 11.5 Å². The zero-order valence-electron chi connectivity index (χ0n) is 16.5. The molecule has 1 N–H and O–H groups in total. The van der Waals surface area contributed by atoms with E-state index in [-0.39, 0.29) is 17.4 Å². The summed E-state index contributed by atoms with van der Waals surface area (Å²) in [6.07, 6.45) is 0.786. The van der Waals surface area contributed by atoms with Crippen LogP contribution in [0.25, 0.3) is 11.0 Å². The number of nitrogens with zero attached hydrogens (tertiary/aromatic N) is 2. The Hall–Kier alpha value is -3.28. The van der Waals surface area contributed by atoms with Crippen molar-refractivity contribution in [2.75, 3.05) is 11.9 Å². The molecule has 6 nitrogen and oxygen atoms in total. The third-order valence-electron chi connectivity index (χ3n) is 4.43. The number of rotatable bonds is 6. The molecule has 0 aliphatic heterocycles. The lowest BCUT2D eigenvalue weighted by Crippen LogP contribution is -2.17. The molecule has 0 aliphatic rings. The molecule has 144 valence electrons. The van der Waals surface area contributed by atoms with E-state index in [0.29, 0.717) is 28.9 Å². The Bertz CT molecular complexity index is 1060. The summed E-state index contributed by atoms with van der Waals surface area (Å²) >= 11 is 0. The van der Waals surface area contributed by atoms with E-state index in [1.54, 1.807) is 24.3 Å². The van der Waals surface area contributed by atoms with Crippen LogP contribution in [0.4, 0.5) is 5.69 Å². The maximum Gasteiger partial charge on any atom is 0.279 e. The number of benzene rings is 2. The molecule has 28 heavy (non-hydrogen) atoms. The molecule has 0 unspecified atom stereocenters. The van der Waals surface area contributed by atoms with Gasteiger partial charge in [-0.15, -0.1) is 0 Å². The van der Waals surface area contributed by atoms with E-state index in [4.69, 9.17) is 4.74 Å². The van der Waals surface area contributed by atoms with Gasteiger partial charge in [-0.25, -0.2) is 9.97 Å². The number of amides is 1. The van der Waals surface area contributed by atoms with Crippen LogP contribution in [0.1, 0.15) is 52.2 Å². The number of fused-ring (bicyclic) bond motifs is 1. The number of Topliss-reactive ketones (excluding diaryl/α,β-unsaturated/α-hetero) is 1. The average molecular weight is 377 g/mol. The first kappa shape index (κ1) is 19.5. The highest BCUT2D eigenvalue weighted by atomic mass is 16.5. The number of carbonyl (C=O) groups excluding carboxylic acids is 2. The molecule has 0 spiro atoms. The van der Waals surface area contributed by atoms with Crippen LogP contribution in [0.3, 0.4) is 0 Å². The number of anilines is 1. The van der Waals surface area contributed by atoms with E-state index in [1.165, 1.54) is 6.92 Å². The summed E-state index contributed by atoms with van der Waals surface area (Å²) in [7, 11) is 0. The van der Waals surface area contributed by atoms with Gasteiger partial charge < -0.3 is 10.1 Å². The second kappa shape index (κ2) is 8.17. The molecule has 0 radical (unpaired) electrons. The maximum atomic E-state index is 12.9. The number of ketones is 1. The predicted octanol–water partition coefficient (Wildman–Crippen LogP) is 4.49. The van der Waals surface area contributed by atoms with Gasteiger partial charge in [0.05, 0.1) is 17.6 Å². The quantitative estimate of drug-likeness (QED) is 0.640. The van der Waals surface area contributed by atoms with Gasteiger partial charge in [0.2, 0.25) is 5.88 Å². The summed E-state index contributed by atoms with van der Waals surface area (Å²) in [4.78, 5) is 33.5. The third kappa shape index (κ3) is 4.17. The lowest BCUT2D eigenvalue weighted by molar-refractivity contribution is 0.100. The van der Waals surface area contributed by atoms with Crippen LogP contribution in [0, 0.1) is 13.8 Å². The van der Waals surface area contributed by atoms with E-state index in [1.807, 2.05) is 32.9 Å². The molecule has 3 rings (SSSR count). The van der Waals surface area contributed by atoms with Gasteiger partial charge in [-0.2, -0.15) is 0 Å². The van der Waals surface area contributed by atoms with Gasteiger partial charge in [0, 0.05) is 11.3 Å². The van der Waals surface area contributed by atoms with Crippen LogP contribution >= 0.6 is 0 Å². The Morgan fingerprint density at radius 2 is 1.71 bits per heavy atom. The predicted molar refractivity (Wildman–Crippen MR) is 109 cm³/mol. The van der Waals surface area contributed by atoms with Gasteiger partial charge >= 0.3 is 0 Å². The number of ether oxygens (including phenoxy) is 1. The Kier molecular flexibility index (Phi) is 5.68. The van der Waals surface area contributed by atoms with Crippen molar-refractivity contribution in [1.29, 1.82) is 0 Å². The molecular weight excluding hydrogens is 354 g/mol. The molecule has 0 atom stereocenters. The number of hydrogen-bond donors (Lipinski definition) is 1. The van der Waals surface area contributed by atoms with Crippen molar-refractivity contribution >= 4 is 28.4 Å². The molecule has 0 saturated heterocycles. The van der Waals surface area contributed by atoms with Crippen molar-refractivity contribution in [3.8, 4) is 5.88 Å². The maximum absolute atomic E-state index is 12.9. The van der Waals surface area contributed by atoms with E-state index < -0.39 is 5.91 Å². The molecule has 1 amide bonds. The minimum atomic E-state index is -0.431.